The van der Waals surface area contributed by atoms with E-state index < -0.39 is 0 Å². The molecule has 0 heterocycles. The molecule has 0 radical (unpaired) electrons. The Morgan fingerprint density at radius 3 is 2.36 bits per heavy atom. The van der Waals surface area contributed by atoms with E-state index in [0.717, 1.165) is 24.9 Å². The number of nitrogens with two attached hydrogens (primary N) is 1. The van der Waals surface area contributed by atoms with Crippen molar-refractivity contribution < 1.29 is 0 Å². The van der Waals surface area contributed by atoms with Crippen LogP contribution in [-0.4, -0.2) is 19.6 Å². The van der Waals surface area contributed by atoms with Crippen molar-refractivity contribution in [3.05, 3.63) is 0 Å². The molecule has 0 fully saturated rings. The van der Waals surface area contributed by atoms with Gasteiger partial charge in [0.2, 0.25) is 0 Å². The van der Waals surface area contributed by atoms with Crippen molar-refractivity contribution in [1.82, 2.24) is 5.32 Å². The average molecular weight is 200 g/mol. The topological polar surface area (TPSA) is 38.0 Å². The van der Waals surface area contributed by atoms with Gasteiger partial charge in [0.15, 0.2) is 0 Å². The maximum Gasteiger partial charge on any atom is -0.00204 e. The fourth-order valence-corrected chi connectivity index (χ4v) is 1.74. The van der Waals surface area contributed by atoms with Crippen LogP contribution in [0.25, 0.3) is 0 Å². The smallest absolute Gasteiger partial charge is 0.00204 e. The number of nitrogens with one attached hydrogen (secondary N) is 1. The second kappa shape index (κ2) is 9.47. The van der Waals surface area contributed by atoms with E-state index in [2.05, 4.69) is 26.1 Å². The summed E-state index contributed by atoms with van der Waals surface area (Å²) in [6, 6.07) is 0. The van der Waals surface area contributed by atoms with Gasteiger partial charge >= 0.3 is 0 Å². The molecule has 0 aliphatic carbocycles. The summed E-state index contributed by atoms with van der Waals surface area (Å²) in [5.74, 6) is 1.59. The summed E-state index contributed by atoms with van der Waals surface area (Å²) in [4.78, 5) is 0. The number of hydrogen-bond donors (Lipinski definition) is 2. The summed E-state index contributed by atoms with van der Waals surface area (Å²) in [6.07, 6.45) is 5.09. The van der Waals surface area contributed by atoms with Crippen LogP contribution in [0.3, 0.4) is 0 Å². The third-order valence-electron chi connectivity index (χ3n) is 2.50. The van der Waals surface area contributed by atoms with Gasteiger partial charge in [0.25, 0.3) is 0 Å². The molecule has 0 aromatic carbocycles. The fraction of sp³-hybridized carbons (Fsp3) is 1.00. The Morgan fingerprint density at radius 1 is 1.14 bits per heavy atom. The molecule has 14 heavy (non-hydrogen) atoms. The van der Waals surface area contributed by atoms with Gasteiger partial charge in [-0.3, -0.25) is 0 Å². The van der Waals surface area contributed by atoms with Crippen LogP contribution in [0.2, 0.25) is 0 Å². The molecule has 0 aliphatic rings. The van der Waals surface area contributed by atoms with Crippen molar-refractivity contribution in [2.45, 2.75) is 46.5 Å². The molecular formula is C12H28N2. The highest BCUT2D eigenvalue weighted by Crippen LogP contribution is 2.11. The maximum absolute atomic E-state index is 5.53. The van der Waals surface area contributed by atoms with Gasteiger partial charge in [-0.25, -0.2) is 0 Å². The minimum absolute atomic E-state index is 0.756. The van der Waals surface area contributed by atoms with Gasteiger partial charge < -0.3 is 11.1 Å². The van der Waals surface area contributed by atoms with Crippen LogP contribution < -0.4 is 11.1 Å². The molecule has 3 N–H and O–H groups in total. The Balaban J connectivity index is 3.50. The lowest BCUT2D eigenvalue weighted by atomic mass is 9.98. The Kier molecular flexibility index (Phi) is 9.42. The number of hydrogen-bond acceptors (Lipinski definition) is 2. The zero-order valence-corrected chi connectivity index (χ0v) is 10.2. The first-order valence-electron chi connectivity index (χ1n) is 6.11. The van der Waals surface area contributed by atoms with Crippen molar-refractivity contribution in [3.63, 3.8) is 0 Å². The SMILES string of the molecule is CCCC(CCCN)CNCC(C)C. The third kappa shape index (κ3) is 8.52. The van der Waals surface area contributed by atoms with E-state index in [1.165, 1.54) is 32.2 Å². The molecule has 0 bridgehead atoms. The standard InChI is InChI=1S/C12H28N2/c1-4-6-12(7-5-8-13)10-14-9-11(2)3/h11-12,14H,4-10,13H2,1-3H3. The minimum Gasteiger partial charge on any atom is -0.330 e. The van der Waals surface area contributed by atoms with Crippen LogP contribution in [-0.2, 0) is 0 Å². The average Bonchev–Trinajstić information content (AvgIpc) is 2.13. The van der Waals surface area contributed by atoms with E-state index in [0.29, 0.717) is 0 Å². The lowest BCUT2D eigenvalue weighted by Crippen LogP contribution is -2.26. The summed E-state index contributed by atoms with van der Waals surface area (Å²) in [5.41, 5.74) is 5.53. The molecule has 1 atom stereocenters. The molecule has 0 saturated carbocycles. The Morgan fingerprint density at radius 2 is 1.86 bits per heavy atom. The van der Waals surface area contributed by atoms with Crippen LogP contribution in [0.5, 0.6) is 0 Å². The Bertz CT molecular complexity index is 113. The Labute approximate surface area is 89.6 Å². The summed E-state index contributed by atoms with van der Waals surface area (Å²) < 4.78 is 0. The van der Waals surface area contributed by atoms with Gasteiger partial charge in [0, 0.05) is 0 Å². The highest BCUT2D eigenvalue weighted by molar-refractivity contribution is 4.63. The number of rotatable bonds is 9. The van der Waals surface area contributed by atoms with Gasteiger partial charge in [0.05, 0.1) is 0 Å². The maximum atomic E-state index is 5.53. The van der Waals surface area contributed by atoms with E-state index in [1.807, 2.05) is 0 Å². The molecule has 0 rings (SSSR count). The molecule has 0 saturated heterocycles. The zero-order chi connectivity index (χ0) is 10.8. The quantitative estimate of drug-likeness (QED) is 0.600. The highest BCUT2D eigenvalue weighted by Gasteiger charge is 2.06. The monoisotopic (exact) mass is 200 g/mol. The molecule has 0 amide bonds. The predicted molar refractivity (Wildman–Crippen MR) is 64.4 cm³/mol. The molecule has 0 aromatic heterocycles. The van der Waals surface area contributed by atoms with E-state index in [-0.39, 0.29) is 0 Å². The van der Waals surface area contributed by atoms with Crippen LogP contribution in [0.15, 0.2) is 0 Å². The molecule has 0 spiro atoms. The van der Waals surface area contributed by atoms with Gasteiger partial charge in [-0.15, -0.1) is 0 Å². The lowest BCUT2D eigenvalue weighted by Gasteiger charge is -2.17. The second-order valence-electron chi connectivity index (χ2n) is 4.64. The van der Waals surface area contributed by atoms with Crippen LogP contribution in [0.1, 0.15) is 46.5 Å². The highest BCUT2D eigenvalue weighted by atomic mass is 14.9. The largest absolute Gasteiger partial charge is 0.330 e. The lowest BCUT2D eigenvalue weighted by molar-refractivity contribution is 0.394. The van der Waals surface area contributed by atoms with E-state index >= 15 is 0 Å². The van der Waals surface area contributed by atoms with Crippen LogP contribution >= 0.6 is 0 Å². The molecule has 1 unspecified atom stereocenters. The van der Waals surface area contributed by atoms with Crippen LogP contribution in [0.4, 0.5) is 0 Å². The van der Waals surface area contributed by atoms with Crippen molar-refractivity contribution >= 4 is 0 Å². The molecule has 0 aromatic rings. The first-order chi connectivity index (χ1) is 6.70. The van der Waals surface area contributed by atoms with E-state index in [9.17, 15) is 0 Å². The zero-order valence-electron chi connectivity index (χ0n) is 10.2. The summed E-state index contributed by atoms with van der Waals surface area (Å²) in [5, 5.41) is 3.54. The normalized spacial score (nSPS) is 13.5. The van der Waals surface area contributed by atoms with Crippen molar-refractivity contribution in [3.8, 4) is 0 Å². The molecule has 2 heteroatoms. The summed E-state index contributed by atoms with van der Waals surface area (Å²) >= 11 is 0. The van der Waals surface area contributed by atoms with Gasteiger partial charge in [-0.1, -0.05) is 27.2 Å². The molecular weight excluding hydrogens is 172 g/mol. The molecule has 2 nitrogen and oxygen atoms in total. The fourth-order valence-electron chi connectivity index (χ4n) is 1.74. The van der Waals surface area contributed by atoms with Crippen molar-refractivity contribution in [2.75, 3.05) is 19.6 Å². The van der Waals surface area contributed by atoms with E-state index in [4.69, 9.17) is 5.73 Å². The summed E-state index contributed by atoms with van der Waals surface area (Å²) in [6.45, 7) is 9.92. The van der Waals surface area contributed by atoms with Gasteiger partial charge in [-0.05, 0) is 50.7 Å². The minimum atomic E-state index is 0.756. The first kappa shape index (κ1) is 13.9. The molecule has 0 aliphatic heterocycles. The van der Waals surface area contributed by atoms with Crippen LogP contribution in [0, 0.1) is 11.8 Å². The van der Waals surface area contributed by atoms with Crippen molar-refractivity contribution in [2.24, 2.45) is 17.6 Å². The molecule has 86 valence electrons. The second-order valence-corrected chi connectivity index (χ2v) is 4.64. The van der Waals surface area contributed by atoms with Gasteiger partial charge in [0.1, 0.15) is 0 Å². The third-order valence-corrected chi connectivity index (χ3v) is 2.50. The predicted octanol–water partition coefficient (Wildman–Crippen LogP) is 2.39. The van der Waals surface area contributed by atoms with Crippen molar-refractivity contribution in [1.29, 1.82) is 0 Å². The van der Waals surface area contributed by atoms with Gasteiger partial charge in [-0.2, -0.15) is 0 Å². The summed E-state index contributed by atoms with van der Waals surface area (Å²) in [7, 11) is 0. The first-order valence-corrected chi connectivity index (χ1v) is 6.11. The Hall–Kier alpha value is -0.0800. The van der Waals surface area contributed by atoms with E-state index in [1.54, 1.807) is 0 Å².